The van der Waals surface area contributed by atoms with Gasteiger partial charge in [0.15, 0.2) is 5.65 Å². The van der Waals surface area contributed by atoms with E-state index < -0.39 is 24.0 Å². The Morgan fingerprint density at radius 2 is 2.17 bits per heavy atom. The molecule has 2 aromatic rings. The minimum Gasteiger partial charge on any atom is -0.343 e. The van der Waals surface area contributed by atoms with Crippen LogP contribution < -0.4 is 5.56 Å². The van der Waals surface area contributed by atoms with E-state index in [2.05, 4.69) is 10.1 Å². The van der Waals surface area contributed by atoms with Crippen molar-refractivity contribution in [3.05, 3.63) is 33.9 Å². The fraction of sp³-hybridized carbons (Fsp3) is 0.467. The normalized spacial score (nSPS) is 20.1. The molecule has 3 rings (SSSR count). The van der Waals surface area contributed by atoms with E-state index in [1.54, 1.807) is 21.0 Å². The second kappa shape index (κ2) is 5.73. The number of rotatable bonds is 3. The number of amides is 2. The highest BCUT2D eigenvalue weighted by atomic mass is 19.1. The summed E-state index contributed by atoms with van der Waals surface area (Å²) in [5.41, 5.74) is -0.300. The first-order valence-corrected chi connectivity index (χ1v) is 7.55. The van der Waals surface area contributed by atoms with Gasteiger partial charge in [-0.15, -0.1) is 0 Å². The van der Waals surface area contributed by atoms with Gasteiger partial charge >= 0.3 is 0 Å². The Balaban J connectivity index is 2.13. The second-order valence-corrected chi connectivity index (χ2v) is 6.12. The average molecular weight is 335 g/mol. The molecular formula is C15H18FN5O3. The Labute approximate surface area is 136 Å². The molecule has 1 aliphatic heterocycles. The summed E-state index contributed by atoms with van der Waals surface area (Å²) in [5.74, 6) is -1.09. The molecule has 0 spiro atoms. The number of hydrogen-bond donors (Lipinski definition) is 1. The van der Waals surface area contributed by atoms with Crippen molar-refractivity contribution in [2.24, 2.45) is 5.92 Å². The van der Waals surface area contributed by atoms with Crippen LogP contribution in [-0.4, -0.2) is 69.6 Å². The van der Waals surface area contributed by atoms with Crippen molar-refractivity contribution in [2.45, 2.75) is 13.0 Å². The molecule has 9 heteroatoms. The molecule has 1 saturated heterocycles. The molecule has 8 nitrogen and oxygen atoms in total. The van der Waals surface area contributed by atoms with E-state index >= 15 is 0 Å². The van der Waals surface area contributed by atoms with Crippen molar-refractivity contribution in [2.75, 3.05) is 27.3 Å². The van der Waals surface area contributed by atoms with Gasteiger partial charge in [0.25, 0.3) is 17.4 Å². The van der Waals surface area contributed by atoms with E-state index in [1.165, 1.54) is 22.1 Å². The number of likely N-dealkylation sites (tertiary alicyclic amines) is 1. The van der Waals surface area contributed by atoms with Crippen LogP contribution in [0.3, 0.4) is 0 Å². The second-order valence-electron chi connectivity index (χ2n) is 6.12. The first-order valence-electron chi connectivity index (χ1n) is 7.55. The summed E-state index contributed by atoms with van der Waals surface area (Å²) in [5, 5.41) is 2.67. The van der Waals surface area contributed by atoms with Crippen molar-refractivity contribution in [1.82, 2.24) is 24.4 Å². The van der Waals surface area contributed by atoms with Crippen LogP contribution >= 0.6 is 0 Å². The lowest BCUT2D eigenvalue weighted by molar-refractivity contribution is 0.0139. The molecule has 2 aromatic heterocycles. The molecule has 1 fully saturated rings. The summed E-state index contributed by atoms with van der Waals surface area (Å²) in [6.45, 7) is 1.54. The highest BCUT2D eigenvalue weighted by molar-refractivity contribution is 6.10. The number of carbonyl (C=O) groups is 2. The zero-order chi connectivity index (χ0) is 17.6. The van der Waals surface area contributed by atoms with Crippen LogP contribution in [0.25, 0.3) is 5.65 Å². The van der Waals surface area contributed by atoms with Crippen molar-refractivity contribution in [3.8, 4) is 0 Å². The highest BCUT2D eigenvalue weighted by Crippen LogP contribution is 2.28. The quantitative estimate of drug-likeness (QED) is 0.865. The van der Waals surface area contributed by atoms with Crippen molar-refractivity contribution in [1.29, 1.82) is 0 Å². The standard InChI is InChI=1S/C15H18FN5O3/c1-8-9(6-16)7-20(8)14(23)11-12(15(24)19(2)3)18-21-10(22)4-5-17-13(11)21/h4-5,8-9,18H,6-7H2,1-3H3. The van der Waals surface area contributed by atoms with Crippen LogP contribution in [0, 0.1) is 5.92 Å². The van der Waals surface area contributed by atoms with Gasteiger partial charge in [-0.2, -0.15) is 0 Å². The summed E-state index contributed by atoms with van der Waals surface area (Å²) in [7, 11) is 3.09. The van der Waals surface area contributed by atoms with E-state index in [9.17, 15) is 18.8 Å². The minimum absolute atomic E-state index is 0.00306. The Hall–Kier alpha value is -2.71. The van der Waals surface area contributed by atoms with E-state index in [0.717, 1.165) is 4.52 Å². The van der Waals surface area contributed by atoms with Gasteiger partial charge < -0.3 is 9.80 Å². The SMILES string of the molecule is CC1C(CF)CN1C(=O)c1c(C(=O)N(C)C)[nH]n2c(=O)ccnc12. The highest BCUT2D eigenvalue weighted by Gasteiger charge is 2.41. The first kappa shape index (κ1) is 16.2. The number of aromatic nitrogens is 3. The van der Waals surface area contributed by atoms with E-state index in [0.29, 0.717) is 0 Å². The predicted octanol–water partition coefficient (Wildman–Crippen LogP) is 0.154. The maximum atomic E-state index is 12.9. The van der Waals surface area contributed by atoms with E-state index in [1.807, 2.05) is 0 Å². The molecule has 1 aliphatic rings. The number of nitrogens with one attached hydrogen (secondary N) is 1. The molecule has 0 bridgehead atoms. The Morgan fingerprint density at radius 3 is 2.75 bits per heavy atom. The molecule has 0 radical (unpaired) electrons. The molecule has 2 amide bonds. The van der Waals surface area contributed by atoms with Gasteiger partial charge in [0.1, 0.15) is 11.3 Å². The van der Waals surface area contributed by atoms with E-state index in [-0.39, 0.29) is 35.4 Å². The predicted molar refractivity (Wildman–Crippen MR) is 83.8 cm³/mol. The van der Waals surface area contributed by atoms with Crippen LogP contribution in [-0.2, 0) is 0 Å². The van der Waals surface area contributed by atoms with Gasteiger partial charge in [0, 0.05) is 44.9 Å². The van der Waals surface area contributed by atoms with Gasteiger partial charge in [0.2, 0.25) is 0 Å². The number of hydrogen-bond acceptors (Lipinski definition) is 4. The number of fused-ring (bicyclic) bond motifs is 1. The summed E-state index contributed by atoms with van der Waals surface area (Å²) in [6, 6.07) is 0.961. The Kier molecular flexibility index (Phi) is 3.86. The maximum Gasteiger partial charge on any atom is 0.272 e. The molecule has 24 heavy (non-hydrogen) atoms. The molecule has 0 saturated carbocycles. The molecule has 0 aromatic carbocycles. The van der Waals surface area contributed by atoms with Crippen LogP contribution in [0.4, 0.5) is 4.39 Å². The number of alkyl halides is 1. The average Bonchev–Trinajstić information content (AvgIpc) is 2.93. The lowest BCUT2D eigenvalue weighted by Crippen LogP contribution is -2.58. The fourth-order valence-corrected chi connectivity index (χ4v) is 2.83. The molecule has 3 heterocycles. The zero-order valence-corrected chi connectivity index (χ0v) is 13.6. The largest absolute Gasteiger partial charge is 0.343 e. The van der Waals surface area contributed by atoms with Gasteiger partial charge in [-0.05, 0) is 6.92 Å². The monoisotopic (exact) mass is 335 g/mol. The lowest BCUT2D eigenvalue weighted by Gasteiger charge is -2.45. The van der Waals surface area contributed by atoms with Crippen LogP contribution in [0.5, 0.6) is 0 Å². The third-order valence-electron chi connectivity index (χ3n) is 4.44. The first-order chi connectivity index (χ1) is 11.4. The van der Waals surface area contributed by atoms with Crippen LogP contribution in [0.15, 0.2) is 17.1 Å². The summed E-state index contributed by atoms with van der Waals surface area (Å²) < 4.78 is 13.9. The van der Waals surface area contributed by atoms with Crippen molar-refractivity contribution in [3.63, 3.8) is 0 Å². The van der Waals surface area contributed by atoms with Gasteiger partial charge in [0.05, 0.1) is 6.67 Å². The minimum atomic E-state index is -0.500. The van der Waals surface area contributed by atoms with Gasteiger partial charge in [-0.3, -0.25) is 23.9 Å². The molecular weight excluding hydrogens is 317 g/mol. The molecule has 128 valence electrons. The number of aromatic amines is 1. The number of H-pyrrole nitrogens is 1. The van der Waals surface area contributed by atoms with Gasteiger partial charge in [-0.1, -0.05) is 0 Å². The third kappa shape index (κ3) is 2.27. The molecule has 2 atom stereocenters. The van der Waals surface area contributed by atoms with Gasteiger partial charge in [-0.25, -0.2) is 9.50 Å². The Bertz CT molecular complexity index is 872. The number of carbonyl (C=O) groups excluding carboxylic acids is 2. The molecule has 1 N–H and O–H groups in total. The summed E-state index contributed by atoms with van der Waals surface area (Å²) in [4.78, 5) is 44.1. The van der Waals surface area contributed by atoms with Crippen molar-refractivity contribution >= 4 is 17.5 Å². The third-order valence-corrected chi connectivity index (χ3v) is 4.44. The smallest absolute Gasteiger partial charge is 0.272 e. The Morgan fingerprint density at radius 1 is 1.46 bits per heavy atom. The molecule has 2 unspecified atom stereocenters. The summed E-state index contributed by atoms with van der Waals surface area (Å²) >= 11 is 0. The fourth-order valence-electron chi connectivity index (χ4n) is 2.83. The topological polar surface area (TPSA) is 90.8 Å². The van der Waals surface area contributed by atoms with Crippen LogP contribution in [0.2, 0.25) is 0 Å². The zero-order valence-electron chi connectivity index (χ0n) is 13.6. The maximum absolute atomic E-state index is 12.9. The lowest BCUT2D eigenvalue weighted by atomic mass is 9.90. The van der Waals surface area contributed by atoms with Crippen molar-refractivity contribution < 1.29 is 14.0 Å². The number of nitrogens with zero attached hydrogens (tertiary/aromatic N) is 4. The summed E-state index contributed by atoms with van der Waals surface area (Å²) in [6.07, 6.45) is 1.29. The van der Waals surface area contributed by atoms with Crippen LogP contribution in [0.1, 0.15) is 27.8 Å². The molecule has 0 aliphatic carbocycles. The number of halogens is 1. The van der Waals surface area contributed by atoms with E-state index in [4.69, 9.17) is 0 Å².